The summed E-state index contributed by atoms with van der Waals surface area (Å²) >= 11 is 5.94. The number of nitrogens with zero attached hydrogens (tertiary/aromatic N) is 1. The summed E-state index contributed by atoms with van der Waals surface area (Å²) in [7, 11) is 0. The molecule has 2 rings (SSSR count). The summed E-state index contributed by atoms with van der Waals surface area (Å²) < 4.78 is 0. The molecule has 76 valence electrons. The van der Waals surface area contributed by atoms with Crippen molar-refractivity contribution in [2.45, 2.75) is 19.0 Å². The van der Waals surface area contributed by atoms with Gasteiger partial charge in [0.25, 0.3) is 0 Å². The molecule has 1 saturated heterocycles. The van der Waals surface area contributed by atoms with Crippen LogP contribution in [0.1, 0.15) is 18.5 Å². The Hall–Kier alpha value is -0.570. The van der Waals surface area contributed by atoms with Crippen LogP contribution in [-0.4, -0.2) is 24.0 Å². The molecule has 1 unspecified atom stereocenters. The highest BCUT2D eigenvalue weighted by Crippen LogP contribution is 2.26. The highest BCUT2D eigenvalue weighted by atomic mass is 35.5. The van der Waals surface area contributed by atoms with Gasteiger partial charge in [-0.25, -0.2) is 0 Å². The fourth-order valence-corrected chi connectivity index (χ4v) is 2.04. The van der Waals surface area contributed by atoms with Gasteiger partial charge in [-0.2, -0.15) is 0 Å². The van der Waals surface area contributed by atoms with Gasteiger partial charge in [0, 0.05) is 30.2 Å². The van der Waals surface area contributed by atoms with Gasteiger partial charge in [-0.3, -0.25) is 4.90 Å². The number of nitrogens with two attached hydrogens (primary N) is 1. The second kappa shape index (κ2) is 3.89. The standard InChI is InChI=1S/C11H15ClN2/c1-8(14-6-11(13)7-14)9-3-2-4-10(12)5-9/h2-5,8,11H,6-7,13H2,1H3. The first-order valence-electron chi connectivity index (χ1n) is 4.92. The first-order chi connectivity index (χ1) is 6.66. The van der Waals surface area contributed by atoms with Crippen LogP contribution in [0, 0.1) is 0 Å². The molecule has 14 heavy (non-hydrogen) atoms. The number of halogens is 1. The lowest BCUT2D eigenvalue weighted by atomic mass is 10.0. The SMILES string of the molecule is CC(c1cccc(Cl)c1)N1CC(N)C1. The predicted octanol–water partition coefficient (Wildman–Crippen LogP) is 2.04. The van der Waals surface area contributed by atoms with Gasteiger partial charge in [-0.15, -0.1) is 0 Å². The summed E-state index contributed by atoms with van der Waals surface area (Å²) in [6, 6.07) is 8.81. The first kappa shape index (κ1) is 9.97. The average molecular weight is 211 g/mol. The van der Waals surface area contributed by atoms with Crippen LogP contribution in [0.5, 0.6) is 0 Å². The van der Waals surface area contributed by atoms with Crippen molar-refractivity contribution in [1.82, 2.24) is 4.90 Å². The van der Waals surface area contributed by atoms with Gasteiger partial charge < -0.3 is 5.73 Å². The van der Waals surface area contributed by atoms with Crippen molar-refractivity contribution in [2.24, 2.45) is 5.73 Å². The van der Waals surface area contributed by atoms with Crippen molar-refractivity contribution < 1.29 is 0 Å². The molecule has 1 atom stereocenters. The molecule has 1 aliphatic heterocycles. The maximum Gasteiger partial charge on any atom is 0.0409 e. The second-order valence-electron chi connectivity index (χ2n) is 3.94. The van der Waals surface area contributed by atoms with Gasteiger partial charge in [0.05, 0.1) is 0 Å². The lowest BCUT2D eigenvalue weighted by Gasteiger charge is -2.41. The number of hydrogen-bond donors (Lipinski definition) is 1. The van der Waals surface area contributed by atoms with E-state index in [0.717, 1.165) is 18.1 Å². The Morgan fingerprint density at radius 1 is 1.50 bits per heavy atom. The maximum atomic E-state index is 5.94. The first-order valence-corrected chi connectivity index (χ1v) is 5.29. The van der Waals surface area contributed by atoms with Gasteiger partial charge in [0.15, 0.2) is 0 Å². The van der Waals surface area contributed by atoms with Gasteiger partial charge >= 0.3 is 0 Å². The van der Waals surface area contributed by atoms with E-state index in [0.29, 0.717) is 12.1 Å². The predicted molar refractivity (Wildman–Crippen MR) is 59.4 cm³/mol. The zero-order valence-corrected chi connectivity index (χ0v) is 9.04. The molecular formula is C11H15ClN2. The van der Waals surface area contributed by atoms with Crippen LogP contribution in [0.25, 0.3) is 0 Å². The van der Waals surface area contributed by atoms with E-state index in [4.69, 9.17) is 17.3 Å². The van der Waals surface area contributed by atoms with Gasteiger partial charge in [0.1, 0.15) is 0 Å². The van der Waals surface area contributed by atoms with E-state index in [-0.39, 0.29) is 0 Å². The summed E-state index contributed by atoms with van der Waals surface area (Å²) in [5.41, 5.74) is 7.01. The van der Waals surface area contributed by atoms with E-state index in [1.807, 2.05) is 18.2 Å². The molecule has 2 N–H and O–H groups in total. The zero-order chi connectivity index (χ0) is 10.1. The van der Waals surface area contributed by atoms with E-state index in [9.17, 15) is 0 Å². The van der Waals surface area contributed by atoms with E-state index >= 15 is 0 Å². The summed E-state index contributed by atoms with van der Waals surface area (Å²) in [4.78, 5) is 2.36. The van der Waals surface area contributed by atoms with Crippen LogP contribution in [0.4, 0.5) is 0 Å². The van der Waals surface area contributed by atoms with E-state index < -0.39 is 0 Å². The Balaban J connectivity index is 2.07. The van der Waals surface area contributed by atoms with Crippen molar-refractivity contribution in [2.75, 3.05) is 13.1 Å². The highest BCUT2D eigenvalue weighted by Gasteiger charge is 2.27. The number of rotatable bonds is 2. The van der Waals surface area contributed by atoms with Crippen molar-refractivity contribution in [3.8, 4) is 0 Å². The minimum absolute atomic E-state index is 0.358. The number of benzene rings is 1. The fourth-order valence-electron chi connectivity index (χ4n) is 1.84. The molecule has 1 aliphatic rings. The lowest BCUT2D eigenvalue weighted by Crippen LogP contribution is -2.56. The summed E-state index contributed by atoms with van der Waals surface area (Å²) in [5.74, 6) is 0. The minimum Gasteiger partial charge on any atom is -0.325 e. The molecule has 1 aromatic rings. The van der Waals surface area contributed by atoms with E-state index in [1.54, 1.807) is 0 Å². The zero-order valence-electron chi connectivity index (χ0n) is 8.28. The molecule has 1 heterocycles. The van der Waals surface area contributed by atoms with Crippen LogP contribution in [0.2, 0.25) is 5.02 Å². The van der Waals surface area contributed by atoms with Gasteiger partial charge in [-0.05, 0) is 24.6 Å². The Labute approximate surface area is 89.7 Å². The normalized spacial score (nSPS) is 20.5. The Morgan fingerprint density at radius 3 is 2.79 bits per heavy atom. The topological polar surface area (TPSA) is 29.3 Å². The maximum absolute atomic E-state index is 5.94. The van der Waals surface area contributed by atoms with Crippen molar-refractivity contribution >= 4 is 11.6 Å². The minimum atomic E-state index is 0.358. The molecule has 0 saturated carbocycles. The van der Waals surface area contributed by atoms with Crippen molar-refractivity contribution in [1.29, 1.82) is 0 Å². The molecule has 0 amide bonds. The molecule has 1 fully saturated rings. The highest BCUT2D eigenvalue weighted by molar-refractivity contribution is 6.30. The fraction of sp³-hybridized carbons (Fsp3) is 0.455. The third-order valence-electron chi connectivity index (χ3n) is 2.82. The molecule has 1 aromatic carbocycles. The third-order valence-corrected chi connectivity index (χ3v) is 3.05. The molecule has 0 aliphatic carbocycles. The van der Waals surface area contributed by atoms with Crippen LogP contribution in [-0.2, 0) is 0 Å². The second-order valence-corrected chi connectivity index (χ2v) is 4.38. The molecule has 0 spiro atoms. The Bertz CT molecular complexity index is 321. The molecule has 2 nitrogen and oxygen atoms in total. The molecule has 0 radical (unpaired) electrons. The average Bonchev–Trinajstić information content (AvgIpc) is 2.12. The van der Waals surface area contributed by atoms with E-state index in [2.05, 4.69) is 17.9 Å². The smallest absolute Gasteiger partial charge is 0.0409 e. The largest absolute Gasteiger partial charge is 0.325 e. The monoisotopic (exact) mass is 210 g/mol. The molecule has 0 bridgehead atoms. The van der Waals surface area contributed by atoms with Gasteiger partial charge in [0.2, 0.25) is 0 Å². The number of hydrogen-bond acceptors (Lipinski definition) is 2. The van der Waals surface area contributed by atoms with Crippen LogP contribution in [0.3, 0.4) is 0 Å². The van der Waals surface area contributed by atoms with Crippen LogP contribution in [0.15, 0.2) is 24.3 Å². The van der Waals surface area contributed by atoms with Gasteiger partial charge in [-0.1, -0.05) is 23.7 Å². The van der Waals surface area contributed by atoms with E-state index in [1.165, 1.54) is 5.56 Å². The molecule has 3 heteroatoms. The quantitative estimate of drug-likeness (QED) is 0.810. The van der Waals surface area contributed by atoms with Crippen molar-refractivity contribution in [3.63, 3.8) is 0 Å². The van der Waals surface area contributed by atoms with Crippen molar-refractivity contribution in [3.05, 3.63) is 34.9 Å². The molecule has 0 aromatic heterocycles. The number of likely N-dealkylation sites (tertiary alicyclic amines) is 1. The summed E-state index contributed by atoms with van der Waals surface area (Å²) in [6.07, 6.45) is 0. The van der Waals surface area contributed by atoms with Crippen LogP contribution < -0.4 is 5.73 Å². The third kappa shape index (κ3) is 1.92. The molecular weight excluding hydrogens is 196 g/mol. The summed E-state index contributed by atoms with van der Waals surface area (Å²) in [5, 5.41) is 0.805. The van der Waals surface area contributed by atoms with Crippen LogP contribution >= 0.6 is 11.6 Å². The Morgan fingerprint density at radius 2 is 2.21 bits per heavy atom. The Kier molecular flexibility index (Phi) is 2.77. The summed E-state index contributed by atoms with van der Waals surface area (Å²) in [6.45, 7) is 4.18. The lowest BCUT2D eigenvalue weighted by molar-refractivity contribution is 0.103.